The normalized spacial score (nSPS) is 17.8. The topological polar surface area (TPSA) is 42.1 Å². The summed E-state index contributed by atoms with van der Waals surface area (Å²) >= 11 is 0. The second-order valence-electron chi connectivity index (χ2n) is 4.70. The van der Waals surface area contributed by atoms with Crippen LogP contribution >= 0.6 is 0 Å². The Kier molecular flexibility index (Phi) is 3.78. The molecule has 2 rings (SSSR count). The molecule has 0 radical (unpaired) electrons. The lowest BCUT2D eigenvalue weighted by Crippen LogP contribution is -2.21. The first-order valence-electron chi connectivity index (χ1n) is 6.22. The van der Waals surface area contributed by atoms with Gasteiger partial charge in [0.2, 0.25) is 0 Å². The number of nitrogens with two attached hydrogens (primary N) is 1. The van der Waals surface area contributed by atoms with Gasteiger partial charge < -0.3 is 10.6 Å². The number of aromatic nitrogens is 1. The molecule has 16 heavy (non-hydrogen) atoms. The SMILES string of the molecule is CC(N)CCc1cccnc1N1CCCC1. The van der Waals surface area contributed by atoms with Crippen molar-refractivity contribution in [1.82, 2.24) is 4.98 Å². The van der Waals surface area contributed by atoms with E-state index in [1.54, 1.807) is 0 Å². The summed E-state index contributed by atoms with van der Waals surface area (Å²) < 4.78 is 0. The highest BCUT2D eigenvalue weighted by atomic mass is 15.2. The zero-order valence-electron chi connectivity index (χ0n) is 10.0. The summed E-state index contributed by atoms with van der Waals surface area (Å²) in [5.74, 6) is 1.18. The molecule has 0 saturated carbocycles. The second kappa shape index (κ2) is 5.30. The summed E-state index contributed by atoms with van der Waals surface area (Å²) in [6.07, 6.45) is 6.56. The molecule has 1 aromatic heterocycles. The van der Waals surface area contributed by atoms with Gasteiger partial charge in [0.15, 0.2) is 0 Å². The lowest BCUT2D eigenvalue weighted by molar-refractivity contribution is 0.664. The van der Waals surface area contributed by atoms with Gasteiger partial charge in [0.05, 0.1) is 0 Å². The van der Waals surface area contributed by atoms with E-state index < -0.39 is 0 Å². The Bertz CT molecular complexity index is 330. The fourth-order valence-electron chi connectivity index (χ4n) is 2.22. The molecule has 1 fully saturated rings. The molecule has 2 heterocycles. The lowest BCUT2D eigenvalue weighted by atomic mass is 10.1. The predicted octanol–water partition coefficient (Wildman–Crippen LogP) is 1.96. The average Bonchev–Trinajstić information content (AvgIpc) is 2.80. The van der Waals surface area contributed by atoms with Crippen molar-refractivity contribution in [2.75, 3.05) is 18.0 Å². The molecular formula is C13H21N3. The van der Waals surface area contributed by atoms with Crippen molar-refractivity contribution in [3.8, 4) is 0 Å². The highest BCUT2D eigenvalue weighted by molar-refractivity contribution is 5.47. The van der Waals surface area contributed by atoms with Crippen molar-refractivity contribution in [1.29, 1.82) is 0 Å². The third kappa shape index (κ3) is 2.73. The Morgan fingerprint density at radius 3 is 2.88 bits per heavy atom. The number of pyridine rings is 1. The zero-order valence-corrected chi connectivity index (χ0v) is 10.0. The molecule has 1 aromatic rings. The fraction of sp³-hybridized carbons (Fsp3) is 0.615. The van der Waals surface area contributed by atoms with Crippen LogP contribution in [0.25, 0.3) is 0 Å². The molecule has 0 spiro atoms. The van der Waals surface area contributed by atoms with E-state index in [2.05, 4.69) is 22.9 Å². The second-order valence-corrected chi connectivity index (χ2v) is 4.70. The molecule has 1 unspecified atom stereocenters. The number of rotatable bonds is 4. The number of hydrogen-bond acceptors (Lipinski definition) is 3. The quantitative estimate of drug-likeness (QED) is 0.841. The minimum Gasteiger partial charge on any atom is -0.356 e. The van der Waals surface area contributed by atoms with E-state index in [-0.39, 0.29) is 6.04 Å². The summed E-state index contributed by atoms with van der Waals surface area (Å²) in [4.78, 5) is 6.92. The molecule has 3 nitrogen and oxygen atoms in total. The van der Waals surface area contributed by atoms with Crippen LogP contribution in [0, 0.1) is 0 Å². The van der Waals surface area contributed by atoms with Gasteiger partial charge in [-0.2, -0.15) is 0 Å². The van der Waals surface area contributed by atoms with Crippen LogP contribution in [0.1, 0.15) is 31.7 Å². The number of hydrogen-bond donors (Lipinski definition) is 1. The molecule has 0 aliphatic carbocycles. The van der Waals surface area contributed by atoms with Crippen LogP contribution in [0.15, 0.2) is 18.3 Å². The smallest absolute Gasteiger partial charge is 0.131 e. The molecule has 0 amide bonds. The summed E-state index contributed by atoms with van der Waals surface area (Å²) in [6.45, 7) is 4.37. The summed E-state index contributed by atoms with van der Waals surface area (Å²) in [5.41, 5.74) is 7.16. The monoisotopic (exact) mass is 219 g/mol. The molecule has 0 bridgehead atoms. The fourth-order valence-corrected chi connectivity index (χ4v) is 2.22. The molecule has 88 valence electrons. The maximum Gasteiger partial charge on any atom is 0.131 e. The molecule has 1 atom stereocenters. The third-order valence-electron chi connectivity index (χ3n) is 3.14. The van der Waals surface area contributed by atoms with E-state index in [0.29, 0.717) is 0 Å². The van der Waals surface area contributed by atoms with Crippen LogP contribution in [-0.2, 0) is 6.42 Å². The standard InChI is InChI=1S/C13H21N3/c1-11(14)6-7-12-5-4-8-15-13(12)16-9-2-3-10-16/h4-5,8,11H,2-3,6-7,9-10,14H2,1H3. The van der Waals surface area contributed by atoms with Gasteiger partial charge in [-0.25, -0.2) is 4.98 Å². The highest BCUT2D eigenvalue weighted by Crippen LogP contribution is 2.22. The van der Waals surface area contributed by atoms with Crippen molar-refractivity contribution in [3.05, 3.63) is 23.9 Å². The zero-order chi connectivity index (χ0) is 11.4. The average molecular weight is 219 g/mol. The first-order chi connectivity index (χ1) is 7.77. The molecule has 3 heteroatoms. The van der Waals surface area contributed by atoms with Crippen molar-refractivity contribution in [2.24, 2.45) is 5.73 Å². The van der Waals surface area contributed by atoms with Crippen molar-refractivity contribution >= 4 is 5.82 Å². The minimum atomic E-state index is 0.270. The summed E-state index contributed by atoms with van der Waals surface area (Å²) in [6, 6.07) is 4.48. The van der Waals surface area contributed by atoms with Crippen molar-refractivity contribution < 1.29 is 0 Å². The largest absolute Gasteiger partial charge is 0.356 e. The van der Waals surface area contributed by atoms with E-state index in [0.717, 1.165) is 25.9 Å². The first-order valence-corrected chi connectivity index (χ1v) is 6.22. The Labute approximate surface area is 97.7 Å². The molecule has 1 aliphatic rings. The summed E-state index contributed by atoms with van der Waals surface area (Å²) in [5, 5.41) is 0. The third-order valence-corrected chi connectivity index (χ3v) is 3.14. The van der Waals surface area contributed by atoms with Gasteiger partial charge in [0.1, 0.15) is 5.82 Å². The summed E-state index contributed by atoms with van der Waals surface area (Å²) in [7, 11) is 0. The lowest BCUT2D eigenvalue weighted by Gasteiger charge is -2.20. The number of anilines is 1. The van der Waals surface area contributed by atoms with Gasteiger partial charge in [-0.3, -0.25) is 0 Å². The van der Waals surface area contributed by atoms with E-state index in [1.165, 1.54) is 24.2 Å². The van der Waals surface area contributed by atoms with E-state index in [9.17, 15) is 0 Å². The first kappa shape index (κ1) is 11.4. The molecule has 0 aromatic carbocycles. The maximum atomic E-state index is 5.81. The van der Waals surface area contributed by atoms with Crippen LogP contribution in [0.5, 0.6) is 0 Å². The Morgan fingerprint density at radius 2 is 2.19 bits per heavy atom. The Balaban J connectivity index is 2.10. The van der Waals surface area contributed by atoms with E-state index in [4.69, 9.17) is 5.73 Å². The van der Waals surface area contributed by atoms with Crippen LogP contribution in [0.2, 0.25) is 0 Å². The molecule has 1 saturated heterocycles. The molecule has 1 aliphatic heterocycles. The van der Waals surface area contributed by atoms with Gasteiger partial charge in [-0.05, 0) is 44.2 Å². The number of nitrogens with zero attached hydrogens (tertiary/aromatic N) is 2. The maximum absolute atomic E-state index is 5.81. The van der Waals surface area contributed by atoms with Gasteiger partial charge >= 0.3 is 0 Å². The number of aryl methyl sites for hydroxylation is 1. The van der Waals surface area contributed by atoms with Crippen LogP contribution in [-0.4, -0.2) is 24.1 Å². The van der Waals surface area contributed by atoms with Gasteiger partial charge in [-0.15, -0.1) is 0 Å². The Hall–Kier alpha value is -1.09. The molecule has 2 N–H and O–H groups in total. The van der Waals surface area contributed by atoms with Crippen LogP contribution < -0.4 is 10.6 Å². The van der Waals surface area contributed by atoms with Crippen LogP contribution in [0.4, 0.5) is 5.82 Å². The Morgan fingerprint density at radius 1 is 1.44 bits per heavy atom. The minimum absolute atomic E-state index is 0.270. The van der Waals surface area contributed by atoms with Gasteiger partial charge in [0, 0.05) is 25.3 Å². The van der Waals surface area contributed by atoms with Crippen LogP contribution in [0.3, 0.4) is 0 Å². The van der Waals surface area contributed by atoms with Crippen molar-refractivity contribution in [3.63, 3.8) is 0 Å². The van der Waals surface area contributed by atoms with E-state index in [1.807, 2.05) is 12.3 Å². The van der Waals surface area contributed by atoms with Gasteiger partial charge in [-0.1, -0.05) is 6.07 Å². The van der Waals surface area contributed by atoms with Crippen molar-refractivity contribution in [2.45, 2.75) is 38.6 Å². The van der Waals surface area contributed by atoms with Gasteiger partial charge in [0.25, 0.3) is 0 Å². The predicted molar refractivity (Wildman–Crippen MR) is 67.7 cm³/mol. The van der Waals surface area contributed by atoms with E-state index >= 15 is 0 Å². The molecular weight excluding hydrogens is 198 g/mol. The highest BCUT2D eigenvalue weighted by Gasteiger charge is 2.16.